The Morgan fingerprint density at radius 2 is 2.05 bits per heavy atom. The lowest BCUT2D eigenvalue weighted by atomic mass is 9.97. The molecule has 1 fully saturated rings. The molecule has 6 nitrogen and oxygen atoms in total. The van der Waals surface area contributed by atoms with Crippen molar-refractivity contribution in [3.05, 3.63) is 16.9 Å². The average Bonchev–Trinajstić information content (AvgIpc) is 2.56. The fraction of sp³-hybridized carbons (Fsp3) is 0.667. The van der Waals surface area contributed by atoms with E-state index in [1.165, 1.54) is 31.3 Å². The quantitative estimate of drug-likeness (QED) is 0.841. The van der Waals surface area contributed by atoms with Crippen LogP contribution in [0.2, 0.25) is 5.28 Å². The van der Waals surface area contributed by atoms with E-state index in [1.54, 1.807) is 0 Å². The van der Waals surface area contributed by atoms with Crippen LogP contribution < -0.4 is 10.2 Å². The maximum absolute atomic E-state index is 6.03. The van der Waals surface area contributed by atoms with Crippen molar-refractivity contribution in [1.29, 1.82) is 0 Å². The highest BCUT2D eigenvalue weighted by Crippen LogP contribution is 2.20. The maximum atomic E-state index is 6.03. The molecule has 0 bridgehead atoms. The van der Waals surface area contributed by atoms with Gasteiger partial charge < -0.3 is 15.0 Å². The number of ether oxygens (including phenoxy) is 1. The number of hydrogen-bond donors (Lipinski definition) is 1. The van der Waals surface area contributed by atoms with Crippen LogP contribution in [0, 0.1) is 0 Å². The van der Waals surface area contributed by atoms with Gasteiger partial charge in [0.1, 0.15) is 0 Å². The van der Waals surface area contributed by atoms with Gasteiger partial charge in [-0.15, -0.1) is 0 Å². The van der Waals surface area contributed by atoms with Crippen LogP contribution in [0.5, 0.6) is 0 Å². The normalized spacial score (nSPS) is 19.0. The highest BCUT2D eigenvalue weighted by atomic mass is 35.5. The lowest BCUT2D eigenvalue weighted by Crippen LogP contribution is -2.37. The predicted molar refractivity (Wildman–Crippen MR) is 87.5 cm³/mol. The molecule has 0 atom stereocenters. The number of allylic oxidation sites excluding steroid dienone is 1. The van der Waals surface area contributed by atoms with Crippen molar-refractivity contribution in [2.45, 2.75) is 32.1 Å². The van der Waals surface area contributed by atoms with Crippen LogP contribution in [0.15, 0.2) is 11.6 Å². The zero-order chi connectivity index (χ0) is 15.2. The van der Waals surface area contributed by atoms with Gasteiger partial charge in [-0.3, -0.25) is 0 Å². The molecule has 3 rings (SSSR count). The Balaban J connectivity index is 1.58. The minimum atomic E-state index is 0.232. The topological polar surface area (TPSA) is 63.2 Å². The Morgan fingerprint density at radius 3 is 2.82 bits per heavy atom. The van der Waals surface area contributed by atoms with Crippen molar-refractivity contribution in [2.24, 2.45) is 0 Å². The maximum Gasteiger partial charge on any atom is 0.231 e. The molecule has 0 amide bonds. The van der Waals surface area contributed by atoms with Crippen LogP contribution in [0.3, 0.4) is 0 Å². The van der Waals surface area contributed by atoms with E-state index in [0.717, 1.165) is 26.1 Å². The Morgan fingerprint density at radius 1 is 1.18 bits per heavy atom. The summed E-state index contributed by atoms with van der Waals surface area (Å²) < 4.78 is 5.35. The molecule has 1 N–H and O–H groups in total. The van der Waals surface area contributed by atoms with E-state index in [1.807, 2.05) is 0 Å². The van der Waals surface area contributed by atoms with Crippen molar-refractivity contribution in [3.63, 3.8) is 0 Å². The summed E-state index contributed by atoms with van der Waals surface area (Å²) in [6, 6.07) is 0. The van der Waals surface area contributed by atoms with E-state index in [2.05, 4.69) is 31.2 Å². The Kier molecular flexibility index (Phi) is 5.45. The van der Waals surface area contributed by atoms with Crippen LogP contribution in [0.1, 0.15) is 32.1 Å². The van der Waals surface area contributed by atoms with Gasteiger partial charge in [0.05, 0.1) is 13.2 Å². The zero-order valence-electron chi connectivity index (χ0n) is 12.7. The third kappa shape index (κ3) is 4.30. The van der Waals surface area contributed by atoms with Crippen molar-refractivity contribution < 1.29 is 4.74 Å². The summed E-state index contributed by atoms with van der Waals surface area (Å²) >= 11 is 6.03. The summed E-state index contributed by atoms with van der Waals surface area (Å²) in [6.07, 6.45) is 8.47. The van der Waals surface area contributed by atoms with Gasteiger partial charge >= 0.3 is 0 Å². The van der Waals surface area contributed by atoms with E-state index in [9.17, 15) is 0 Å². The third-order valence-corrected chi connectivity index (χ3v) is 4.17. The number of aromatic nitrogens is 3. The summed E-state index contributed by atoms with van der Waals surface area (Å²) in [5.41, 5.74) is 1.53. The Hall–Kier alpha value is -1.40. The van der Waals surface area contributed by atoms with Gasteiger partial charge in [0.15, 0.2) is 0 Å². The molecule has 0 aromatic carbocycles. The second kappa shape index (κ2) is 7.74. The monoisotopic (exact) mass is 323 g/mol. The second-order valence-corrected chi connectivity index (χ2v) is 5.95. The van der Waals surface area contributed by atoms with Gasteiger partial charge in [-0.25, -0.2) is 0 Å². The summed E-state index contributed by atoms with van der Waals surface area (Å²) in [5, 5.41) is 3.50. The molecule has 1 aliphatic carbocycles. The minimum Gasteiger partial charge on any atom is -0.378 e. The highest BCUT2D eigenvalue weighted by molar-refractivity contribution is 6.28. The molecule has 0 radical (unpaired) electrons. The molecule has 0 unspecified atom stereocenters. The lowest BCUT2D eigenvalue weighted by Gasteiger charge is -2.26. The third-order valence-electron chi connectivity index (χ3n) is 4.00. The Labute approximate surface area is 135 Å². The van der Waals surface area contributed by atoms with Crippen LogP contribution in [0.4, 0.5) is 11.9 Å². The first-order chi connectivity index (χ1) is 10.8. The molecule has 7 heteroatoms. The standard InChI is InChI=1S/C15H22ClN5O/c16-13-18-14(17-7-6-12-4-2-1-3-5-12)20-15(19-13)21-8-10-22-11-9-21/h4H,1-3,5-11H2,(H,17,18,19,20). The smallest absolute Gasteiger partial charge is 0.231 e. The van der Waals surface area contributed by atoms with Gasteiger partial charge in [0.25, 0.3) is 0 Å². The van der Waals surface area contributed by atoms with Gasteiger partial charge in [0.2, 0.25) is 17.2 Å². The number of nitrogens with zero attached hydrogens (tertiary/aromatic N) is 4. The summed E-state index contributed by atoms with van der Waals surface area (Å²) in [6.45, 7) is 3.79. The van der Waals surface area contributed by atoms with E-state index < -0.39 is 0 Å². The van der Waals surface area contributed by atoms with Crippen molar-refractivity contribution in [1.82, 2.24) is 15.0 Å². The SMILES string of the molecule is Clc1nc(NCCC2=CCCCC2)nc(N2CCOCC2)n1. The van der Waals surface area contributed by atoms with Crippen LogP contribution in [0.25, 0.3) is 0 Å². The number of anilines is 2. The van der Waals surface area contributed by atoms with Crippen molar-refractivity contribution >= 4 is 23.5 Å². The van der Waals surface area contributed by atoms with Gasteiger partial charge in [-0.05, 0) is 43.7 Å². The van der Waals surface area contributed by atoms with E-state index in [4.69, 9.17) is 16.3 Å². The van der Waals surface area contributed by atoms with E-state index >= 15 is 0 Å². The van der Waals surface area contributed by atoms with Crippen LogP contribution in [-0.2, 0) is 4.74 Å². The molecule has 22 heavy (non-hydrogen) atoms. The van der Waals surface area contributed by atoms with Gasteiger partial charge in [-0.2, -0.15) is 15.0 Å². The predicted octanol–water partition coefficient (Wildman–Crippen LogP) is 2.66. The highest BCUT2D eigenvalue weighted by Gasteiger charge is 2.16. The number of nitrogens with one attached hydrogen (secondary N) is 1. The minimum absolute atomic E-state index is 0.232. The first-order valence-electron chi connectivity index (χ1n) is 7.97. The number of morpholine rings is 1. The van der Waals surface area contributed by atoms with Crippen molar-refractivity contribution in [2.75, 3.05) is 43.1 Å². The average molecular weight is 324 g/mol. The summed E-state index contributed by atoms with van der Waals surface area (Å²) in [5.74, 6) is 1.18. The molecular formula is C15H22ClN5O. The van der Waals surface area contributed by atoms with E-state index in [-0.39, 0.29) is 5.28 Å². The fourth-order valence-corrected chi connectivity index (χ4v) is 2.95. The Bertz CT molecular complexity index is 531. The molecule has 0 saturated carbocycles. The molecule has 2 aliphatic rings. The molecule has 0 spiro atoms. The molecular weight excluding hydrogens is 302 g/mol. The second-order valence-electron chi connectivity index (χ2n) is 5.61. The fourth-order valence-electron chi connectivity index (χ4n) is 2.79. The van der Waals surface area contributed by atoms with Gasteiger partial charge in [-0.1, -0.05) is 11.6 Å². The van der Waals surface area contributed by atoms with Crippen LogP contribution >= 0.6 is 11.6 Å². The molecule has 1 saturated heterocycles. The first kappa shape index (κ1) is 15.5. The zero-order valence-corrected chi connectivity index (χ0v) is 13.5. The summed E-state index contributed by atoms with van der Waals surface area (Å²) in [7, 11) is 0. The number of halogens is 1. The van der Waals surface area contributed by atoms with Gasteiger partial charge in [0, 0.05) is 19.6 Å². The largest absolute Gasteiger partial charge is 0.378 e. The number of rotatable bonds is 5. The number of hydrogen-bond acceptors (Lipinski definition) is 6. The molecule has 1 aromatic heterocycles. The molecule has 2 heterocycles. The van der Waals surface area contributed by atoms with Crippen molar-refractivity contribution in [3.8, 4) is 0 Å². The van der Waals surface area contributed by atoms with Crippen LogP contribution in [-0.4, -0.2) is 47.8 Å². The summed E-state index contributed by atoms with van der Waals surface area (Å²) in [4.78, 5) is 14.9. The lowest BCUT2D eigenvalue weighted by molar-refractivity contribution is 0.122. The molecule has 1 aliphatic heterocycles. The molecule has 1 aromatic rings. The first-order valence-corrected chi connectivity index (χ1v) is 8.35. The van der Waals surface area contributed by atoms with E-state index in [0.29, 0.717) is 25.1 Å². The molecule has 120 valence electrons.